The Hall–Kier alpha value is -2.42. The zero-order valence-electron chi connectivity index (χ0n) is 11.1. The summed E-state index contributed by atoms with van der Waals surface area (Å²) < 4.78 is 0. The molecule has 0 aliphatic carbocycles. The zero-order chi connectivity index (χ0) is 13.9. The Balaban J connectivity index is 1.93. The Kier molecular flexibility index (Phi) is 3.33. The van der Waals surface area contributed by atoms with Gasteiger partial charge in [0.15, 0.2) is 0 Å². The van der Waals surface area contributed by atoms with Crippen LogP contribution >= 0.6 is 0 Å². The van der Waals surface area contributed by atoms with Crippen molar-refractivity contribution in [2.75, 3.05) is 11.4 Å². The summed E-state index contributed by atoms with van der Waals surface area (Å²) in [4.78, 5) is 24.3. The summed E-state index contributed by atoms with van der Waals surface area (Å²) in [7, 11) is 0. The molecule has 0 N–H and O–H groups in total. The van der Waals surface area contributed by atoms with Crippen LogP contribution in [0.15, 0.2) is 48.5 Å². The van der Waals surface area contributed by atoms with Crippen LogP contribution in [0.5, 0.6) is 0 Å². The first-order valence-electron chi connectivity index (χ1n) is 6.74. The Labute approximate surface area is 117 Å². The number of hydrogen-bond acceptors (Lipinski definition) is 2. The fourth-order valence-corrected chi connectivity index (χ4v) is 2.53. The minimum absolute atomic E-state index is 0.193. The Morgan fingerprint density at radius 3 is 2.45 bits per heavy atom. The van der Waals surface area contributed by atoms with E-state index in [0.29, 0.717) is 12.0 Å². The van der Waals surface area contributed by atoms with Crippen molar-refractivity contribution in [3.05, 3.63) is 54.1 Å². The molecule has 3 nitrogen and oxygen atoms in total. The predicted octanol–water partition coefficient (Wildman–Crippen LogP) is 3.29. The lowest BCUT2D eigenvalue weighted by atomic mass is 10.0. The molecule has 0 saturated carbocycles. The molecule has 100 valence electrons. The molecule has 0 aromatic heterocycles. The van der Waals surface area contributed by atoms with Crippen molar-refractivity contribution in [1.82, 2.24) is 0 Å². The number of hydrogen-bond donors (Lipinski definition) is 0. The highest BCUT2D eigenvalue weighted by Crippen LogP contribution is 2.27. The summed E-state index contributed by atoms with van der Waals surface area (Å²) in [6, 6.07) is 15.4. The molecule has 3 rings (SSSR count). The smallest absolute Gasteiger partial charge is 0.227 e. The molecular formula is C17H15NO2. The highest BCUT2D eigenvalue weighted by Gasteiger charge is 2.21. The number of nitrogens with zero attached hydrogens (tertiary/aromatic N) is 1. The van der Waals surface area contributed by atoms with E-state index in [1.807, 2.05) is 41.3 Å². The van der Waals surface area contributed by atoms with Crippen LogP contribution < -0.4 is 4.90 Å². The van der Waals surface area contributed by atoms with Crippen molar-refractivity contribution in [1.29, 1.82) is 0 Å². The van der Waals surface area contributed by atoms with Gasteiger partial charge in [-0.05, 0) is 29.7 Å². The molecule has 0 unspecified atom stereocenters. The lowest BCUT2D eigenvalue weighted by molar-refractivity contribution is -0.117. The third kappa shape index (κ3) is 2.35. The van der Waals surface area contributed by atoms with Gasteiger partial charge >= 0.3 is 0 Å². The highest BCUT2D eigenvalue weighted by molar-refractivity contribution is 5.96. The van der Waals surface area contributed by atoms with E-state index in [1.54, 1.807) is 12.1 Å². The van der Waals surface area contributed by atoms with E-state index < -0.39 is 0 Å². The third-order valence-electron chi connectivity index (χ3n) is 3.61. The number of anilines is 1. The summed E-state index contributed by atoms with van der Waals surface area (Å²) in [5.74, 6) is 0.193. The number of rotatable bonds is 3. The van der Waals surface area contributed by atoms with Crippen LogP contribution in [0.1, 0.15) is 23.2 Å². The monoisotopic (exact) mass is 265 g/mol. The van der Waals surface area contributed by atoms with Crippen molar-refractivity contribution in [2.45, 2.75) is 12.8 Å². The molecule has 20 heavy (non-hydrogen) atoms. The second kappa shape index (κ2) is 5.29. The Bertz CT molecular complexity index is 646. The van der Waals surface area contributed by atoms with Crippen LogP contribution in [0.2, 0.25) is 0 Å². The number of carbonyl (C=O) groups excluding carboxylic acids is 2. The normalized spacial score (nSPS) is 14.6. The van der Waals surface area contributed by atoms with Crippen molar-refractivity contribution in [3.8, 4) is 11.1 Å². The SMILES string of the molecule is O=Cc1ccc(-c2cccc(N3CCCC3=O)c2)cc1. The van der Waals surface area contributed by atoms with Gasteiger partial charge in [0, 0.05) is 24.2 Å². The van der Waals surface area contributed by atoms with Crippen LogP contribution in [0.3, 0.4) is 0 Å². The number of benzene rings is 2. The van der Waals surface area contributed by atoms with E-state index in [1.165, 1.54) is 0 Å². The summed E-state index contributed by atoms with van der Waals surface area (Å²) in [5.41, 5.74) is 3.72. The maximum atomic E-state index is 11.8. The quantitative estimate of drug-likeness (QED) is 0.798. The lowest BCUT2D eigenvalue weighted by Gasteiger charge is -2.16. The number of amides is 1. The molecule has 3 heteroatoms. The van der Waals surface area contributed by atoms with Crippen molar-refractivity contribution in [2.24, 2.45) is 0 Å². The fourth-order valence-electron chi connectivity index (χ4n) is 2.53. The molecule has 1 saturated heterocycles. The van der Waals surface area contributed by atoms with Crippen molar-refractivity contribution >= 4 is 17.9 Å². The van der Waals surface area contributed by atoms with Gasteiger partial charge < -0.3 is 4.90 Å². The summed E-state index contributed by atoms with van der Waals surface area (Å²) in [5, 5.41) is 0. The Morgan fingerprint density at radius 1 is 1.00 bits per heavy atom. The largest absolute Gasteiger partial charge is 0.312 e. The first kappa shape index (κ1) is 12.6. The molecule has 0 radical (unpaired) electrons. The van der Waals surface area contributed by atoms with Crippen LogP contribution in [0.25, 0.3) is 11.1 Å². The highest BCUT2D eigenvalue weighted by atomic mass is 16.2. The summed E-state index contributed by atoms with van der Waals surface area (Å²) >= 11 is 0. The zero-order valence-corrected chi connectivity index (χ0v) is 11.1. The number of carbonyl (C=O) groups is 2. The molecule has 0 atom stereocenters. The van der Waals surface area contributed by atoms with Gasteiger partial charge in [0.05, 0.1) is 0 Å². The van der Waals surface area contributed by atoms with Crippen LogP contribution in [-0.2, 0) is 4.79 Å². The standard InChI is InChI=1S/C17H15NO2/c19-12-13-6-8-14(9-7-13)15-3-1-4-16(11-15)18-10-2-5-17(18)20/h1,3-4,6-9,11-12H,2,5,10H2. The molecule has 1 aliphatic heterocycles. The molecule has 0 spiro atoms. The molecule has 1 aliphatic rings. The number of aldehydes is 1. The van der Waals surface area contributed by atoms with Gasteiger partial charge in [0.2, 0.25) is 5.91 Å². The third-order valence-corrected chi connectivity index (χ3v) is 3.61. The molecular weight excluding hydrogens is 250 g/mol. The molecule has 2 aromatic rings. The average molecular weight is 265 g/mol. The van der Waals surface area contributed by atoms with Gasteiger partial charge in [-0.25, -0.2) is 0 Å². The second-order valence-corrected chi connectivity index (χ2v) is 4.94. The van der Waals surface area contributed by atoms with Crippen molar-refractivity contribution in [3.63, 3.8) is 0 Å². The van der Waals surface area contributed by atoms with Gasteiger partial charge in [-0.15, -0.1) is 0 Å². The predicted molar refractivity (Wildman–Crippen MR) is 78.9 cm³/mol. The molecule has 0 bridgehead atoms. The van der Waals surface area contributed by atoms with Crippen molar-refractivity contribution < 1.29 is 9.59 Å². The average Bonchev–Trinajstić information content (AvgIpc) is 2.94. The fraction of sp³-hybridized carbons (Fsp3) is 0.176. The van der Waals surface area contributed by atoms with E-state index >= 15 is 0 Å². The minimum Gasteiger partial charge on any atom is -0.312 e. The first-order valence-corrected chi connectivity index (χ1v) is 6.74. The lowest BCUT2D eigenvalue weighted by Crippen LogP contribution is -2.23. The maximum absolute atomic E-state index is 11.8. The first-order chi connectivity index (χ1) is 9.78. The van der Waals surface area contributed by atoms with Crippen LogP contribution in [-0.4, -0.2) is 18.7 Å². The molecule has 1 heterocycles. The molecule has 1 fully saturated rings. The van der Waals surface area contributed by atoms with Crippen LogP contribution in [0.4, 0.5) is 5.69 Å². The van der Waals surface area contributed by atoms with E-state index in [4.69, 9.17) is 0 Å². The van der Waals surface area contributed by atoms with Gasteiger partial charge in [-0.3, -0.25) is 9.59 Å². The minimum atomic E-state index is 0.193. The topological polar surface area (TPSA) is 37.4 Å². The summed E-state index contributed by atoms with van der Waals surface area (Å²) in [6.45, 7) is 0.798. The maximum Gasteiger partial charge on any atom is 0.227 e. The summed E-state index contributed by atoms with van der Waals surface area (Å²) in [6.07, 6.45) is 2.40. The molecule has 1 amide bonds. The van der Waals surface area contributed by atoms with E-state index in [2.05, 4.69) is 0 Å². The second-order valence-electron chi connectivity index (χ2n) is 4.94. The van der Waals surface area contributed by atoms with Gasteiger partial charge in [-0.2, -0.15) is 0 Å². The van der Waals surface area contributed by atoms with E-state index in [0.717, 1.165) is 36.1 Å². The van der Waals surface area contributed by atoms with Gasteiger partial charge in [0.1, 0.15) is 6.29 Å². The van der Waals surface area contributed by atoms with E-state index in [-0.39, 0.29) is 5.91 Å². The van der Waals surface area contributed by atoms with Gasteiger partial charge in [0.25, 0.3) is 0 Å². The van der Waals surface area contributed by atoms with E-state index in [9.17, 15) is 9.59 Å². The Morgan fingerprint density at radius 2 is 1.80 bits per heavy atom. The van der Waals surface area contributed by atoms with Gasteiger partial charge in [-0.1, -0.05) is 36.4 Å². The molecule has 2 aromatic carbocycles. The van der Waals surface area contributed by atoms with Crippen LogP contribution in [0, 0.1) is 0 Å².